The molecule has 24 heavy (non-hydrogen) atoms. The van der Waals surface area contributed by atoms with Gasteiger partial charge in [-0.15, -0.1) is 0 Å². The van der Waals surface area contributed by atoms with E-state index in [0.29, 0.717) is 22.4 Å². The smallest absolute Gasteiger partial charge is 0.229 e. The maximum absolute atomic E-state index is 8.98. The minimum Gasteiger partial charge on any atom is -0.340 e. The van der Waals surface area contributed by atoms with Gasteiger partial charge in [-0.1, -0.05) is 23.7 Å². The van der Waals surface area contributed by atoms with E-state index in [4.69, 9.17) is 16.9 Å². The number of benzene rings is 2. The molecule has 3 aromatic rings. The number of nitriles is 1. The third-order valence-corrected chi connectivity index (χ3v) is 3.43. The Morgan fingerprint density at radius 3 is 2.46 bits per heavy atom. The monoisotopic (exact) mass is 335 g/mol. The first kappa shape index (κ1) is 15.8. The molecule has 0 aliphatic carbocycles. The van der Waals surface area contributed by atoms with Crippen LogP contribution >= 0.6 is 11.6 Å². The lowest BCUT2D eigenvalue weighted by molar-refractivity contribution is 1.11. The summed E-state index contributed by atoms with van der Waals surface area (Å²) in [7, 11) is 0. The van der Waals surface area contributed by atoms with Crippen LogP contribution in [0.1, 0.15) is 11.3 Å². The van der Waals surface area contributed by atoms with Crippen molar-refractivity contribution < 1.29 is 0 Å². The summed E-state index contributed by atoms with van der Waals surface area (Å²) in [5.41, 5.74) is 3.00. The zero-order valence-corrected chi connectivity index (χ0v) is 13.7. The minimum absolute atomic E-state index is 0.469. The van der Waals surface area contributed by atoms with Crippen LogP contribution in [-0.4, -0.2) is 9.97 Å². The molecular weight excluding hydrogens is 322 g/mol. The summed E-state index contributed by atoms with van der Waals surface area (Å²) in [6.07, 6.45) is 0. The maximum Gasteiger partial charge on any atom is 0.229 e. The van der Waals surface area contributed by atoms with Gasteiger partial charge in [0.1, 0.15) is 5.82 Å². The molecule has 2 N–H and O–H groups in total. The lowest BCUT2D eigenvalue weighted by atomic mass is 10.2. The highest BCUT2D eigenvalue weighted by atomic mass is 35.5. The Kier molecular flexibility index (Phi) is 4.59. The van der Waals surface area contributed by atoms with E-state index < -0.39 is 0 Å². The normalized spacial score (nSPS) is 10.0. The fourth-order valence-corrected chi connectivity index (χ4v) is 2.39. The molecule has 1 aromatic heterocycles. The molecule has 0 unspecified atom stereocenters. The lowest BCUT2D eigenvalue weighted by Gasteiger charge is -2.10. The largest absolute Gasteiger partial charge is 0.340 e. The lowest BCUT2D eigenvalue weighted by Crippen LogP contribution is -2.02. The van der Waals surface area contributed by atoms with Gasteiger partial charge in [-0.05, 0) is 43.3 Å². The van der Waals surface area contributed by atoms with Crippen LogP contribution in [0.2, 0.25) is 5.02 Å². The zero-order chi connectivity index (χ0) is 16.9. The molecule has 0 aliphatic heterocycles. The standard InChI is InChI=1S/C18H14ClN5/c1-12-8-17(22-15-6-2-4-13(9-15)11-20)24-18(21-12)23-16-7-3-5-14(19)10-16/h2-10H,1H3,(H2,21,22,23,24). The fourth-order valence-electron chi connectivity index (χ4n) is 2.20. The van der Waals surface area contributed by atoms with Crippen molar-refractivity contribution >= 4 is 34.7 Å². The number of nitrogens with one attached hydrogen (secondary N) is 2. The second kappa shape index (κ2) is 6.99. The number of aromatic nitrogens is 2. The number of nitrogens with zero attached hydrogens (tertiary/aromatic N) is 3. The summed E-state index contributed by atoms with van der Waals surface area (Å²) in [5, 5.41) is 15.9. The molecule has 0 aliphatic rings. The predicted molar refractivity (Wildman–Crippen MR) is 95.9 cm³/mol. The predicted octanol–water partition coefficient (Wildman–Crippen LogP) is 4.80. The van der Waals surface area contributed by atoms with Crippen LogP contribution < -0.4 is 10.6 Å². The van der Waals surface area contributed by atoms with Crippen LogP contribution in [0, 0.1) is 18.3 Å². The number of halogens is 1. The molecule has 0 atom stereocenters. The first-order valence-corrected chi connectivity index (χ1v) is 7.66. The molecule has 118 valence electrons. The van der Waals surface area contributed by atoms with Gasteiger partial charge in [-0.2, -0.15) is 10.2 Å². The Labute approximate surface area is 145 Å². The first-order valence-electron chi connectivity index (χ1n) is 7.28. The van der Waals surface area contributed by atoms with E-state index in [1.54, 1.807) is 24.3 Å². The Hall–Kier alpha value is -3.10. The van der Waals surface area contributed by atoms with Crippen LogP contribution in [0.25, 0.3) is 0 Å². The van der Waals surface area contributed by atoms with Gasteiger partial charge >= 0.3 is 0 Å². The molecule has 0 fully saturated rings. The van der Waals surface area contributed by atoms with Crippen LogP contribution in [0.3, 0.4) is 0 Å². The van der Waals surface area contributed by atoms with E-state index in [1.807, 2.05) is 37.3 Å². The highest BCUT2D eigenvalue weighted by molar-refractivity contribution is 6.30. The molecule has 1 heterocycles. The SMILES string of the molecule is Cc1cc(Nc2cccc(C#N)c2)nc(Nc2cccc(Cl)c2)n1. The second-order valence-electron chi connectivity index (χ2n) is 5.17. The van der Waals surface area contributed by atoms with Crippen LogP contribution in [-0.2, 0) is 0 Å². The Balaban J connectivity index is 1.84. The van der Waals surface area contributed by atoms with Gasteiger partial charge in [0, 0.05) is 28.2 Å². The number of rotatable bonds is 4. The topological polar surface area (TPSA) is 73.6 Å². The van der Waals surface area contributed by atoms with Crippen molar-refractivity contribution in [2.75, 3.05) is 10.6 Å². The number of hydrogen-bond acceptors (Lipinski definition) is 5. The number of aryl methyl sites for hydroxylation is 1. The third kappa shape index (κ3) is 4.00. The molecule has 0 saturated carbocycles. The van der Waals surface area contributed by atoms with Crippen molar-refractivity contribution in [2.45, 2.75) is 6.92 Å². The molecule has 0 radical (unpaired) electrons. The Morgan fingerprint density at radius 1 is 0.958 bits per heavy atom. The molecule has 0 amide bonds. The van der Waals surface area contributed by atoms with Crippen LogP contribution in [0.15, 0.2) is 54.6 Å². The molecule has 0 bridgehead atoms. The maximum atomic E-state index is 8.98. The third-order valence-electron chi connectivity index (χ3n) is 3.20. The highest BCUT2D eigenvalue weighted by Gasteiger charge is 2.04. The summed E-state index contributed by atoms with van der Waals surface area (Å²) in [6, 6.07) is 18.5. The van der Waals surface area contributed by atoms with Gasteiger partial charge in [0.15, 0.2) is 0 Å². The van der Waals surface area contributed by atoms with Crippen molar-refractivity contribution in [3.05, 3.63) is 70.9 Å². The summed E-state index contributed by atoms with van der Waals surface area (Å²) < 4.78 is 0. The summed E-state index contributed by atoms with van der Waals surface area (Å²) in [6.45, 7) is 1.89. The quantitative estimate of drug-likeness (QED) is 0.716. The van der Waals surface area contributed by atoms with Crippen LogP contribution in [0.4, 0.5) is 23.1 Å². The second-order valence-corrected chi connectivity index (χ2v) is 5.61. The molecule has 2 aromatic carbocycles. The molecule has 0 saturated heterocycles. The Bertz CT molecular complexity index is 917. The average molecular weight is 336 g/mol. The van der Waals surface area contributed by atoms with Gasteiger partial charge in [0.25, 0.3) is 0 Å². The van der Waals surface area contributed by atoms with E-state index in [0.717, 1.165) is 17.1 Å². The fraction of sp³-hybridized carbons (Fsp3) is 0.0556. The van der Waals surface area contributed by atoms with Gasteiger partial charge in [0.2, 0.25) is 5.95 Å². The van der Waals surface area contributed by atoms with Crippen LogP contribution in [0.5, 0.6) is 0 Å². The van der Waals surface area contributed by atoms with Gasteiger partial charge in [-0.25, -0.2) is 4.98 Å². The molecule has 3 rings (SSSR count). The van der Waals surface area contributed by atoms with Crippen molar-refractivity contribution in [1.82, 2.24) is 9.97 Å². The van der Waals surface area contributed by atoms with E-state index in [-0.39, 0.29) is 0 Å². The number of anilines is 4. The summed E-state index contributed by atoms with van der Waals surface area (Å²) >= 11 is 5.99. The molecule has 6 heteroatoms. The molecule has 5 nitrogen and oxygen atoms in total. The highest BCUT2D eigenvalue weighted by Crippen LogP contribution is 2.21. The summed E-state index contributed by atoms with van der Waals surface area (Å²) in [5.74, 6) is 1.11. The van der Waals surface area contributed by atoms with E-state index in [9.17, 15) is 0 Å². The first-order chi connectivity index (χ1) is 11.6. The molecular formula is C18H14ClN5. The van der Waals surface area contributed by atoms with Gasteiger partial charge in [-0.3, -0.25) is 0 Å². The van der Waals surface area contributed by atoms with E-state index >= 15 is 0 Å². The number of hydrogen-bond donors (Lipinski definition) is 2. The minimum atomic E-state index is 0.469. The van der Waals surface area contributed by atoms with Gasteiger partial charge in [0.05, 0.1) is 11.6 Å². The Morgan fingerprint density at radius 2 is 1.71 bits per heavy atom. The van der Waals surface area contributed by atoms with Crippen molar-refractivity contribution in [2.24, 2.45) is 0 Å². The van der Waals surface area contributed by atoms with Crippen molar-refractivity contribution in [3.8, 4) is 6.07 Å². The summed E-state index contributed by atoms with van der Waals surface area (Å²) in [4.78, 5) is 8.83. The van der Waals surface area contributed by atoms with Crippen molar-refractivity contribution in [1.29, 1.82) is 5.26 Å². The van der Waals surface area contributed by atoms with E-state index in [1.165, 1.54) is 0 Å². The van der Waals surface area contributed by atoms with E-state index in [2.05, 4.69) is 26.7 Å². The average Bonchev–Trinajstić information content (AvgIpc) is 2.54. The molecule has 0 spiro atoms. The zero-order valence-electron chi connectivity index (χ0n) is 12.9. The van der Waals surface area contributed by atoms with Gasteiger partial charge < -0.3 is 10.6 Å². The van der Waals surface area contributed by atoms with Crippen molar-refractivity contribution in [3.63, 3.8) is 0 Å².